The molecule has 2 N–H and O–H groups in total. The summed E-state index contributed by atoms with van der Waals surface area (Å²) in [6, 6.07) is 4.45. The third-order valence-electron chi connectivity index (χ3n) is 8.14. The van der Waals surface area contributed by atoms with Crippen LogP contribution >= 0.6 is 0 Å². The van der Waals surface area contributed by atoms with Gasteiger partial charge in [-0.05, 0) is 63.3 Å². The number of piperazine rings is 1. The zero-order valence-corrected chi connectivity index (χ0v) is 21.3. The Labute approximate surface area is 208 Å². The molecule has 0 bridgehead atoms. The van der Waals surface area contributed by atoms with Crippen LogP contribution in [-0.4, -0.2) is 69.3 Å². The first kappa shape index (κ1) is 24.4. The lowest BCUT2D eigenvalue weighted by atomic mass is 9.96. The van der Waals surface area contributed by atoms with Gasteiger partial charge >= 0.3 is 0 Å². The van der Waals surface area contributed by atoms with Crippen LogP contribution in [0.1, 0.15) is 79.1 Å². The predicted molar refractivity (Wildman–Crippen MR) is 133 cm³/mol. The molecule has 8 heteroatoms. The highest BCUT2D eigenvalue weighted by molar-refractivity contribution is 5.79. The molecule has 2 aliphatic heterocycles. The molecule has 3 fully saturated rings. The van der Waals surface area contributed by atoms with Gasteiger partial charge in [-0.1, -0.05) is 30.5 Å². The van der Waals surface area contributed by atoms with E-state index in [1.165, 1.54) is 35.1 Å². The molecule has 5 rings (SSSR count). The molecule has 0 radical (unpaired) electrons. The van der Waals surface area contributed by atoms with Gasteiger partial charge in [-0.25, -0.2) is 0 Å². The number of carbonyl (C=O) groups excluding carboxylic acids is 1. The number of aromatic nitrogens is 2. The quantitative estimate of drug-likeness (QED) is 0.655. The lowest BCUT2D eigenvalue weighted by Gasteiger charge is -2.41. The van der Waals surface area contributed by atoms with Crippen molar-refractivity contribution in [2.24, 2.45) is 5.92 Å². The number of benzene rings is 1. The van der Waals surface area contributed by atoms with Crippen molar-refractivity contribution in [2.75, 3.05) is 26.2 Å². The minimum Gasteiger partial charge on any atom is -0.423 e. The van der Waals surface area contributed by atoms with Crippen molar-refractivity contribution in [1.29, 1.82) is 0 Å². The van der Waals surface area contributed by atoms with Gasteiger partial charge in [-0.2, -0.15) is 0 Å². The van der Waals surface area contributed by atoms with Gasteiger partial charge in [0.25, 0.3) is 0 Å². The van der Waals surface area contributed by atoms with Crippen LogP contribution in [0.4, 0.5) is 0 Å². The number of hydrogen-bond donors (Lipinski definition) is 2. The number of aliphatic hydroxyl groups is 1. The fourth-order valence-corrected chi connectivity index (χ4v) is 6.08. The van der Waals surface area contributed by atoms with Crippen molar-refractivity contribution in [3.63, 3.8) is 0 Å². The van der Waals surface area contributed by atoms with Gasteiger partial charge in [-0.3, -0.25) is 9.69 Å². The zero-order chi connectivity index (χ0) is 24.5. The Hall–Kier alpha value is -2.29. The summed E-state index contributed by atoms with van der Waals surface area (Å²) < 4.78 is 5.92. The summed E-state index contributed by atoms with van der Waals surface area (Å²) in [5.41, 5.74) is 4.98. The van der Waals surface area contributed by atoms with Crippen LogP contribution in [0.25, 0.3) is 0 Å². The van der Waals surface area contributed by atoms with Crippen LogP contribution in [0.2, 0.25) is 0 Å². The lowest BCUT2D eigenvalue weighted by molar-refractivity contribution is -0.140. The van der Waals surface area contributed by atoms with E-state index >= 15 is 0 Å². The standard InChI is InChI=1S/C27H39N5O3/c1-17-12-21(14-24-29-30-26(35-24)25-23(33)8-9-28-25)19(3)22(13-17)16-31-10-11-32(18(2)15-31)27(34)20-6-4-5-7-20/h12-13,18,20,23,25,28,33H,4-11,14-16H2,1-3H3/t18-,23+,25-/m0/s1. The number of aryl methyl sites for hydroxylation is 1. The Morgan fingerprint density at radius 3 is 2.63 bits per heavy atom. The summed E-state index contributed by atoms with van der Waals surface area (Å²) in [6.07, 6.45) is 5.33. The highest BCUT2D eigenvalue weighted by Gasteiger charge is 2.33. The molecule has 1 aromatic carbocycles. The van der Waals surface area contributed by atoms with Crippen molar-refractivity contribution in [3.05, 3.63) is 46.2 Å². The van der Waals surface area contributed by atoms with Gasteiger partial charge < -0.3 is 19.7 Å². The second kappa shape index (κ2) is 10.4. The number of nitrogens with one attached hydrogen (secondary N) is 1. The highest BCUT2D eigenvalue weighted by Crippen LogP contribution is 2.29. The number of nitrogens with zero attached hydrogens (tertiary/aromatic N) is 4. The summed E-state index contributed by atoms with van der Waals surface area (Å²) >= 11 is 0. The summed E-state index contributed by atoms with van der Waals surface area (Å²) in [7, 11) is 0. The monoisotopic (exact) mass is 481 g/mol. The molecule has 0 spiro atoms. The molecule has 190 valence electrons. The molecule has 2 aromatic rings. The van der Waals surface area contributed by atoms with E-state index in [9.17, 15) is 9.90 Å². The van der Waals surface area contributed by atoms with E-state index in [2.05, 4.69) is 58.2 Å². The molecular weight excluding hydrogens is 442 g/mol. The summed E-state index contributed by atoms with van der Waals surface area (Å²) in [5, 5.41) is 21.8. The SMILES string of the molecule is Cc1cc(Cc2nnc([C@H]3NCC[C@H]3O)o2)c(C)c(CN2CCN(C(=O)C3CCCC3)[C@@H](C)C2)c1. The van der Waals surface area contributed by atoms with Crippen LogP contribution in [0.15, 0.2) is 16.5 Å². The molecule has 1 amide bonds. The Morgan fingerprint density at radius 1 is 1.14 bits per heavy atom. The van der Waals surface area contributed by atoms with Crippen LogP contribution in [0, 0.1) is 19.8 Å². The van der Waals surface area contributed by atoms with Crippen molar-refractivity contribution < 1.29 is 14.3 Å². The maximum absolute atomic E-state index is 13.0. The van der Waals surface area contributed by atoms with Gasteiger partial charge in [-0.15, -0.1) is 10.2 Å². The fourth-order valence-electron chi connectivity index (χ4n) is 6.08. The molecule has 1 aromatic heterocycles. The second-order valence-corrected chi connectivity index (χ2v) is 10.8. The maximum Gasteiger partial charge on any atom is 0.236 e. The number of aliphatic hydroxyl groups excluding tert-OH is 1. The van der Waals surface area contributed by atoms with E-state index in [4.69, 9.17) is 4.42 Å². The first-order chi connectivity index (χ1) is 16.9. The lowest BCUT2D eigenvalue weighted by Crippen LogP contribution is -2.54. The third kappa shape index (κ3) is 5.29. The molecule has 3 atom stereocenters. The average molecular weight is 482 g/mol. The van der Waals surface area contributed by atoms with Crippen LogP contribution < -0.4 is 5.32 Å². The molecule has 3 aliphatic rings. The Bertz CT molecular complexity index is 1050. The van der Waals surface area contributed by atoms with E-state index in [0.29, 0.717) is 30.5 Å². The van der Waals surface area contributed by atoms with E-state index in [0.717, 1.165) is 45.6 Å². The minimum atomic E-state index is -0.480. The molecule has 3 heterocycles. The molecule has 35 heavy (non-hydrogen) atoms. The maximum atomic E-state index is 13.0. The smallest absolute Gasteiger partial charge is 0.236 e. The van der Waals surface area contributed by atoms with Gasteiger partial charge in [0, 0.05) is 38.1 Å². The molecular formula is C27H39N5O3. The molecule has 8 nitrogen and oxygen atoms in total. The van der Waals surface area contributed by atoms with Crippen LogP contribution in [0.3, 0.4) is 0 Å². The highest BCUT2D eigenvalue weighted by atomic mass is 16.4. The van der Waals surface area contributed by atoms with Gasteiger partial charge in [0.15, 0.2) is 0 Å². The molecule has 1 saturated carbocycles. The molecule has 0 unspecified atom stereocenters. The Kier molecular flexibility index (Phi) is 7.23. The average Bonchev–Trinajstić information content (AvgIpc) is 3.59. The zero-order valence-electron chi connectivity index (χ0n) is 21.3. The van der Waals surface area contributed by atoms with Crippen molar-refractivity contribution in [1.82, 2.24) is 25.3 Å². The number of amides is 1. The summed E-state index contributed by atoms with van der Waals surface area (Å²) in [5.74, 6) is 1.68. The largest absolute Gasteiger partial charge is 0.423 e. The topological polar surface area (TPSA) is 94.7 Å². The third-order valence-corrected chi connectivity index (χ3v) is 8.14. The first-order valence-corrected chi connectivity index (χ1v) is 13.2. The molecule has 2 saturated heterocycles. The van der Waals surface area contributed by atoms with Crippen molar-refractivity contribution >= 4 is 5.91 Å². The van der Waals surface area contributed by atoms with Gasteiger partial charge in [0.05, 0.1) is 12.5 Å². The van der Waals surface area contributed by atoms with Crippen molar-refractivity contribution in [2.45, 2.75) is 84.0 Å². The number of hydrogen-bond acceptors (Lipinski definition) is 7. The predicted octanol–water partition coefficient (Wildman–Crippen LogP) is 2.90. The summed E-state index contributed by atoms with van der Waals surface area (Å²) in [6.45, 7) is 10.8. The van der Waals surface area contributed by atoms with Crippen LogP contribution in [0.5, 0.6) is 0 Å². The van der Waals surface area contributed by atoms with E-state index in [1.54, 1.807) is 0 Å². The Balaban J connectivity index is 1.24. The minimum absolute atomic E-state index is 0.248. The van der Waals surface area contributed by atoms with E-state index < -0.39 is 6.10 Å². The Morgan fingerprint density at radius 2 is 1.91 bits per heavy atom. The summed E-state index contributed by atoms with van der Waals surface area (Å²) in [4.78, 5) is 17.6. The first-order valence-electron chi connectivity index (χ1n) is 13.2. The van der Waals surface area contributed by atoms with Crippen molar-refractivity contribution in [3.8, 4) is 0 Å². The second-order valence-electron chi connectivity index (χ2n) is 10.8. The van der Waals surface area contributed by atoms with Crippen LogP contribution in [-0.2, 0) is 17.8 Å². The van der Waals surface area contributed by atoms with E-state index in [-0.39, 0.29) is 18.0 Å². The van der Waals surface area contributed by atoms with Gasteiger partial charge in [0.2, 0.25) is 17.7 Å². The fraction of sp³-hybridized carbons (Fsp3) is 0.667. The number of rotatable bonds is 6. The normalized spacial score (nSPS) is 26.1. The van der Waals surface area contributed by atoms with E-state index in [1.807, 2.05) is 0 Å². The molecule has 1 aliphatic carbocycles. The number of carbonyl (C=O) groups is 1. The van der Waals surface area contributed by atoms with Gasteiger partial charge in [0.1, 0.15) is 6.04 Å².